The second-order valence-corrected chi connectivity index (χ2v) is 7.96. The average molecular weight is 514 g/mol. The van der Waals surface area contributed by atoms with Crippen molar-refractivity contribution in [2.75, 3.05) is 26.2 Å². The highest BCUT2D eigenvalue weighted by Crippen LogP contribution is 2.27. The predicted octanol–water partition coefficient (Wildman–Crippen LogP) is 2.55. The van der Waals surface area contributed by atoms with Gasteiger partial charge in [0.1, 0.15) is 0 Å². The summed E-state index contributed by atoms with van der Waals surface area (Å²) in [7, 11) is 0. The first-order valence-electron chi connectivity index (χ1n) is 10.7. The summed E-state index contributed by atoms with van der Waals surface area (Å²) < 4.78 is 0. The summed E-state index contributed by atoms with van der Waals surface area (Å²) in [5.41, 5.74) is 1.11. The van der Waals surface area contributed by atoms with E-state index in [9.17, 15) is 9.90 Å². The molecule has 29 heavy (non-hydrogen) atoms. The van der Waals surface area contributed by atoms with Crippen LogP contribution in [0.1, 0.15) is 44.6 Å². The lowest BCUT2D eigenvalue weighted by molar-refractivity contribution is -0.134. The number of likely N-dealkylation sites (tertiary alicyclic amines) is 1. The molecule has 6 nitrogen and oxygen atoms in total. The molecule has 1 aliphatic carbocycles. The fourth-order valence-electron chi connectivity index (χ4n) is 4.17. The molecular weight excluding hydrogens is 479 g/mol. The summed E-state index contributed by atoms with van der Waals surface area (Å²) in [5, 5.41) is 17.0. The van der Waals surface area contributed by atoms with Gasteiger partial charge in [-0.05, 0) is 31.7 Å². The number of hydrogen-bond acceptors (Lipinski definition) is 3. The topological polar surface area (TPSA) is 77.0 Å². The molecule has 162 valence electrons. The summed E-state index contributed by atoms with van der Waals surface area (Å²) >= 11 is 0. The van der Waals surface area contributed by atoms with Gasteiger partial charge in [0.25, 0.3) is 0 Å². The molecule has 0 spiro atoms. The minimum atomic E-state index is -0.512. The number of aliphatic hydroxyl groups is 1. The lowest BCUT2D eigenvalue weighted by atomic mass is 10.1. The van der Waals surface area contributed by atoms with E-state index >= 15 is 0 Å². The Kier molecular flexibility index (Phi) is 10.2. The summed E-state index contributed by atoms with van der Waals surface area (Å²) in [6.07, 6.45) is 5.50. The third-order valence-corrected chi connectivity index (χ3v) is 5.66. The third-order valence-electron chi connectivity index (χ3n) is 5.66. The number of benzene rings is 1. The number of amides is 1. The molecule has 2 atom stereocenters. The molecule has 7 heteroatoms. The second-order valence-electron chi connectivity index (χ2n) is 7.96. The zero-order valence-corrected chi connectivity index (χ0v) is 19.7. The highest BCUT2D eigenvalue weighted by atomic mass is 127. The lowest BCUT2D eigenvalue weighted by Gasteiger charge is -2.21. The van der Waals surface area contributed by atoms with Crippen LogP contribution in [0.15, 0.2) is 35.3 Å². The highest BCUT2D eigenvalue weighted by Gasteiger charge is 2.32. The van der Waals surface area contributed by atoms with E-state index in [0.29, 0.717) is 18.9 Å². The van der Waals surface area contributed by atoms with Crippen molar-refractivity contribution < 1.29 is 9.90 Å². The molecule has 3 N–H and O–H groups in total. The van der Waals surface area contributed by atoms with E-state index in [4.69, 9.17) is 0 Å². The summed E-state index contributed by atoms with van der Waals surface area (Å²) in [5.74, 6) is 1.30. The fourth-order valence-corrected chi connectivity index (χ4v) is 4.17. The van der Waals surface area contributed by atoms with Crippen molar-refractivity contribution in [3.8, 4) is 0 Å². The molecule has 2 fully saturated rings. The van der Waals surface area contributed by atoms with Gasteiger partial charge in [0.05, 0.1) is 12.6 Å². The van der Waals surface area contributed by atoms with Crippen molar-refractivity contribution in [2.24, 2.45) is 10.9 Å². The Morgan fingerprint density at radius 2 is 1.97 bits per heavy atom. The Balaban J connectivity index is 0.00000300. The van der Waals surface area contributed by atoms with Crippen LogP contribution in [0.2, 0.25) is 0 Å². The number of carbonyl (C=O) groups excluding carboxylic acids is 1. The van der Waals surface area contributed by atoms with E-state index in [1.165, 1.54) is 12.8 Å². The summed E-state index contributed by atoms with van der Waals surface area (Å²) in [4.78, 5) is 19.2. The molecular formula is C22H35IN4O2. The first kappa shape index (κ1) is 23.9. The van der Waals surface area contributed by atoms with Crippen molar-refractivity contribution in [2.45, 2.75) is 57.6 Å². The first-order chi connectivity index (χ1) is 13.7. The molecule has 1 aromatic carbocycles. The van der Waals surface area contributed by atoms with E-state index in [0.717, 1.165) is 50.4 Å². The van der Waals surface area contributed by atoms with E-state index in [1.807, 2.05) is 42.2 Å². The Hall–Kier alpha value is -1.35. The van der Waals surface area contributed by atoms with Crippen molar-refractivity contribution in [3.05, 3.63) is 35.9 Å². The smallest absolute Gasteiger partial charge is 0.225 e. The van der Waals surface area contributed by atoms with Gasteiger partial charge >= 0.3 is 0 Å². The maximum Gasteiger partial charge on any atom is 0.225 e. The number of carbonyl (C=O) groups is 1. The van der Waals surface area contributed by atoms with Crippen LogP contribution in [0.3, 0.4) is 0 Å². The quantitative estimate of drug-likeness (QED) is 0.297. The highest BCUT2D eigenvalue weighted by molar-refractivity contribution is 14.0. The first-order valence-corrected chi connectivity index (χ1v) is 10.7. The Morgan fingerprint density at radius 1 is 1.24 bits per heavy atom. The molecule has 1 heterocycles. The monoisotopic (exact) mass is 514 g/mol. The van der Waals surface area contributed by atoms with Gasteiger partial charge in [-0.15, -0.1) is 24.0 Å². The SMILES string of the molecule is CCNC(=NCC(O)Cc1ccccc1)NC1CCN(C(=O)C2CCCC2)C1.I. The number of rotatable bonds is 7. The molecule has 1 saturated heterocycles. The fraction of sp³-hybridized carbons (Fsp3) is 0.636. The van der Waals surface area contributed by atoms with Crippen LogP contribution in [-0.4, -0.2) is 60.2 Å². The number of guanidine groups is 1. The van der Waals surface area contributed by atoms with Crippen LogP contribution < -0.4 is 10.6 Å². The van der Waals surface area contributed by atoms with Gasteiger partial charge in [-0.1, -0.05) is 43.2 Å². The van der Waals surface area contributed by atoms with Crippen LogP contribution in [0.4, 0.5) is 0 Å². The lowest BCUT2D eigenvalue weighted by Crippen LogP contribution is -2.45. The van der Waals surface area contributed by atoms with Gasteiger partial charge in [-0.25, -0.2) is 0 Å². The Labute approximate surface area is 191 Å². The largest absolute Gasteiger partial charge is 0.391 e. The average Bonchev–Trinajstić information content (AvgIpc) is 3.39. The molecule has 1 saturated carbocycles. The van der Waals surface area contributed by atoms with Gasteiger partial charge in [0.15, 0.2) is 5.96 Å². The number of aliphatic imine (C=N–C) groups is 1. The van der Waals surface area contributed by atoms with Crippen LogP contribution in [0.25, 0.3) is 0 Å². The number of aliphatic hydroxyl groups excluding tert-OH is 1. The van der Waals surface area contributed by atoms with Crippen molar-refractivity contribution in [3.63, 3.8) is 0 Å². The van der Waals surface area contributed by atoms with Gasteiger partial charge in [0.2, 0.25) is 5.91 Å². The van der Waals surface area contributed by atoms with Crippen molar-refractivity contribution in [1.82, 2.24) is 15.5 Å². The van der Waals surface area contributed by atoms with E-state index < -0.39 is 6.10 Å². The Bertz CT molecular complexity index is 649. The minimum absolute atomic E-state index is 0. The second kappa shape index (κ2) is 12.4. The maximum absolute atomic E-state index is 12.6. The predicted molar refractivity (Wildman–Crippen MR) is 128 cm³/mol. The van der Waals surface area contributed by atoms with Gasteiger partial charge < -0.3 is 20.6 Å². The molecule has 0 radical (unpaired) electrons. The number of hydrogen-bond donors (Lipinski definition) is 3. The zero-order chi connectivity index (χ0) is 19.8. The normalized spacial score (nSPS) is 21.0. The standard InChI is InChI=1S/C22H34N4O2.HI/c1-2-23-22(24-15-20(27)14-17-8-4-3-5-9-17)25-19-12-13-26(16-19)21(28)18-10-6-7-11-18;/h3-5,8-9,18-20,27H,2,6-7,10-16H2,1H3,(H2,23,24,25);1H. The molecule has 2 unspecified atom stereocenters. The Morgan fingerprint density at radius 3 is 2.66 bits per heavy atom. The summed E-state index contributed by atoms with van der Waals surface area (Å²) in [6, 6.07) is 10.2. The molecule has 3 rings (SSSR count). The molecule has 0 aromatic heterocycles. The molecule has 1 amide bonds. The molecule has 1 aromatic rings. The van der Waals surface area contributed by atoms with Crippen molar-refractivity contribution >= 4 is 35.8 Å². The van der Waals surface area contributed by atoms with E-state index in [1.54, 1.807) is 0 Å². The number of halogens is 1. The van der Waals surface area contributed by atoms with Gasteiger partial charge in [-0.2, -0.15) is 0 Å². The van der Waals surface area contributed by atoms with Crippen LogP contribution in [-0.2, 0) is 11.2 Å². The number of nitrogens with zero attached hydrogens (tertiary/aromatic N) is 2. The van der Waals surface area contributed by atoms with Crippen molar-refractivity contribution in [1.29, 1.82) is 0 Å². The minimum Gasteiger partial charge on any atom is -0.391 e. The molecule has 0 bridgehead atoms. The summed E-state index contributed by atoms with van der Waals surface area (Å²) in [6.45, 7) is 4.71. The van der Waals surface area contributed by atoms with Crippen LogP contribution in [0.5, 0.6) is 0 Å². The number of nitrogens with one attached hydrogen (secondary N) is 2. The van der Waals surface area contributed by atoms with Crippen LogP contribution >= 0.6 is 24.0 Å². The molecule has 2 aliphatic rings. The third kappa shape index (κ3) is 7.44. The van der Waals surface area contributed by atoms with Gasteiger partial charge in [0, 0.05) is 38.0 Å². The van der Waals surface area contributed by atoms with E-state index in [2.05, 4.69) is 15.6 Å². The van der Waals surface area contributed by atoms with Gasteiger partial charge in [-0.3, -0.25) is 9.79 Å². The molecule has 1 aliphatic heterocycles. The van der Waals surface area contributed by atoms with E-state index in [-0.39, 0.29) is 35.9 Å². The maximum atomic E-state index is 12.6. The zero-order valence-electron chi connectivity index (χ0n) is 17.3. The van der Waals surface area contributed by atoms with Crippen LogP contribution in [0, 0.1) is 5.92 Å².